The maximum atomic E-state index is 10.8. The Balaban J connectivity index is 0.000000252. The van der Waals surface area contributed by atoms with Gasteiger partial charge >= 0.3 is 0 Å². The average Bonchev–Trinajstić information content (AvgIpc) is 2.70. The van der Waals surface area contributed by atoms with Gasteiger partial charge in [0.15, 0.2) is 0 Å². The van der Waals surface area contributed by atoms with Gasteiger partial charge in [-0.1, -0.05) is 41.5 Å². The molecule has 0 amide bonds. The van der Waals surface area contributed by atoms with Crippen molar-refractivity contribution in [1.29, 1.82) is 0 Å². The number of rotatable bonds is 3. The van der Waals surface area contributed by atoms with Crippen molar-refractivity contribution < 1.29 is 19.9 Å². The Kier molecular flexibility index (Phi) is 10.5. The maximum Gasteiger partial charge on any atom is 0.232 e. The second-order valence-electron chi connectivity index (χ2n) is 13.2. The molecule has 194 valence electrons. The largest absolute Gasteiger partial charge is 0.389 e. The van der Waals surface area contributed by atoms with Crippen molar-refractivity contribution in [3.63, 3.8) is 0 Å². The molecule has 0 unspecified atom stereocenters. The van der Waals surface area contributed by atoms with Crippen LogP contribution in [0.1, 0.15) is 119 Å². The number of carbonyl (C=O) groups is 1. The third kappa shape index (κ3) is 11.8. The highest BCUT2D eigenvalue weighted by molar-refractivity contribution is 5.79. The Bertz CT molecular complexity index is 625. The van der Waals surface area contributed by atoms with Crippen LogP contribution in [0.2, 0.25) is 0 Å². The molecule has 0 aromatic heterocycles. The minimum absolute atomic E-state index is 0.239. The number of hydrogen-bond acceptors (Lipinski definition) is 6. The van der Waals surface area contributed by atoms with Gasteiger partial charge in [0.1, 0.15) is 11.4 Å². The summed E-state index contributed by atoms with van der Waals surface area (Å²) in [5.41, 5.74) is 4.98. The summed E-state index contributed by atoms with van der Waals surface area (Å²) >= 11 is 0. The van der Waals surface area contributed by atoms with E-state index in [2.05, 4.69) is 41.5 Å². The number of nitrogens with two attached hydrogens (primary N) is 1. The van der Waals surface area contributed by atoms with Crippen LogP contribution in [-0.2, 0) is 4.79 Å². The molecular weight excluding hydrogens is 420 g/mol. The first-order chi connectivity index (χ1) is 14.9. The second-order valence-corrected chi connectivity index (χ2v) is 13.2. The molecule has 3 fully saturated rings. The van der Waals surface area contributed by atoms with Gasteiger partial charge in [0.2, 0.25) is 6.54 Å². The minimum atomic E-state index is -1.04. The molecule has 0 aromatic rings. The molecule has 33 heavy (non-hydrogen) atoms. The number of nitrogens with zero attached hydrogens (tertiary/aromatic N) is 1. The van der Waals surface area contributed by atoms with E-state index in [1.165, 1.54) is 0 Å². The summed E-state index contributed by atoms with van der Waals surface area (Å²) in [7, 11) is 0. The van der Waals surface area contributed by atoms with E-state index < -0.39 is 16.1 Å². The van der Waals surface area contributed by atoms with Gasteiger partial charge < -0.3 is 15.9 Å². The molecule has 3 aliphatic rings. The lowest BCUT2D eigenvalue weighted by Crippen LogP contribution is -2.42. The van der Waals surface area contributed by atoms with E-state index in [1.807, 2.05) is 0 Å². The quantitative estimate of drug-likeness (QED) is 0.392. The first-order valence-corrected chi connectivity index (χ1v) is 12.7. The lowest BCUT2D eigenvalue weighted by Gasteiger charge is -2.39. The van der Waals surface area contributed by atoms with Crippen molar-refractivity contribution in [2.24, 2.45) is 22.0 Å². The van der Waals surface area contributed by atoms with Crippen LogP contribution in [0.25, 0.3) is 0 Å². The molecular formula is C26H50N2O5. The van der Waals surface area contributed by atoms with Crippen LogP contribution in [0.3, 0.4) is 0 Å². The zero-order valence-electron chi connectivity index (χ0n) is 22.0. The number of aliphatic hydroxyl groups is 2. The fraction of sp³-hybridized carbons (Fsp3) is 0.962. The molecule has 0 bridgehead atoms. The summed E-state index contributed by atoms with van der Waals surface area (Å²) in [5, 5.41) is 29.9. The molecule has 3 saturated carbocycles. The number of nitro groups is 1. The van der Waals surface area contributed by atoms with Gasteiger partial charge in [-0.2, -0.15) is 0 Å². The molecule has 4 N–H and O–H groups in total. The lowest BCUT2D eigenvalue weighted by atomic mass is 9.71. The first-order valence-electron chi connectivity index (χ1n) is 12.7. The van der Waals surface area contributed by atoms with Crippen LogP contribution < -0.4 is 5.73 Å². The zero-order valence-corrected chi connectivity index (χ0v) is 22.0. The van der Waals surface area contributed by atoms with Crippen molar-refractivity contribution in [3.8, 4) is 0 Å². The average molecular weight is 471 g/mol. The SMILES string of the molecule is CC1(C)CCC(=O)CC1.CC1(C)CCC(O)(CN)CC1.CC1(C)CCC(O)(C[N+](=O)[O-])CC1. The van der Waals surface area contributed by atoms with Gasteiger partial charge in [0.25, 0.3) is 0 Å². The molecule has 0 aromatic carbocycles. The fourth-order valence-electron chi connectivity index (χ4n) is 4.59. The van der Waals surface area contributed by atoms with Crippen LogP contribution in [0.5, 0.6) is 0 Å². The number of ketones is 1. The van der Waals surface area contributed by atoms with Crippen molar-refractivity contribution in [2.75, 3.05) is 13.1 Å². The molecule has 7 nitrogen and oxygen atoms in total. The van der Waals surface area contributed by atoms with Crippen molar-refractivity contribution in [3.05, 3.63) is 10.1 Å². The third-order valence-corrected chi connectivity index (χ3v) is 8.03. The number of carbonyl (C=O) groups excluding carboxylic acids is 1. The summed E-state index contributed by atoms with van der Waals surface area (Å²) in [4.78, 5) is 20.6. The Hall–Kier alpha value is -1.05. The molecule has 0 spiro atoms. The van der Waals surface area contributed by atoms with E-state index in [0.717, 1.165) is 64.2 Å². The van der Waals surface area contributed by atoms with Gasteiger partial charge in [-0.05, 0) is 80.5 Å². The molecule has 0 heterocycles. The van der Waals surface area contributed by atoms with Crippen LogP contribution >= 0.6 is 0 Å². The molecule has 7 heteroatoms. The third-order valence-electron chi connectivity index (χ3n) is 8.03. The topological polar surface area (TPSA) is 127 Å². The van der Waals surface area contributed by atoms with Crippen molar-refractivity contribution in [2.45, 2.75) is 130 Å². The monoisotopic (exact) mass is 470 g/mol. The predicted octanol–water partition coefficient (Wildman–Crippen LogP) is 5.03. The predicted molar refractivity (Wildman–Crippen MR) is 133 cm³/mol. The van der Waals surface area contributed by atoms with Crippen LogP contribution in [0, 0.1) is 26.4 Å². The van der Waals surface area contributed by atoms with E-state index in [1.54, 1.807) is 0 Å². The highest BCUT2D eigenvalue weighted by atomic mass is 16.6. The highest BCUT2D eigenvalue weighted by Gasteiger charge is 2.40. The van der Waals surface area contributed by atoms with Gasteiger partial charge in [-0.3, -0.25) is 14.9 Å². The Morgan fingerprint density at radius 2 is 1.06 bits per heavy atom. The van der Waals surface area contributed by atoms with Crippen molar-refractivity contribution >= 4 is 5.78 Å². The standard InChI is InChI=1S/C9H17NO3.C9H19NO.C8H14O/c1-8(2)3-5-9(11,6-4-8)7-10(12)13;1-8(2)3-5-9(11,7-10)6-4-8;1-8(2)5-3-7(9)4-6-8/h11H,3-7H2,1-2H3;11H,3-7,10H2,1-2H3;3-6H2,1-2H3. The molecule has 3 aliphatic carbocycles. The van der Waals surface area contributed by atoms with Crippen LogP contribution in [0.4, 0.5) is 0 Å². The fourth-order valence-corrected chi connectivity index (χ4v) is 4.59. The maximum absolute atomic E-state index is 10.8. The smallest absolute Gasteiger partial charge is 0.232 e. The highest BCUT2D eigenvalue weighted by Crippen LogP contribution is 2.40. The molecule has 0 radical (unpaired) electrons. The Morgan fingerprint density at radius 1 is 0.727 bits per heavy atom. The first kappa shape index (κ1) is 30.0. The zero-order chi connectivity index (χ0) is 25.6. The van der Waals surface area contributed by atoms with Crippen LogP contribution in [-0.4, -0.2) is 45.2 Å². The summed E-state index contributed by atoms with van der Waals surface area (Å²) in [6.07, 6.45) is 10.6. The molecule has 3 rings (SSSR count). The summed E-state index contributed by atoms with van der Waals surface area (Å²) in [6.45, 7) is 13.4. The van der Waals surface area contributed by atoms with E-state index in [4.69, 9.17) is 5.73 Å². The summed E-state index contributed by atoms with van der Waals surface area (Å²) < 4.78 is 0. The van der Waals surface area contributed by atoms with E-state index in [0.29, 0.717) is 36.0 Å². The number of Topliss-reactive ketones (excluding diaryl/α,β-unsaturated/α-hetero) is 1. The second kappa shape index (κ2) is 11.6. The molecule has 0 aliphatic heterocycles. The Morgan fingerprint density at radius 3 is 1.36 bits per heavy atom. The minimum Gasteiger partial charge on any atom is -0.389 e. The van der Waals surface area contributed by atoms with Gasteiger partial charge in [0, 0.05) is 24.3 Å². The molecule has 0 atom stereocenters. The lowest BCUT2D eigenvalue weighted by molar-refractivity contribution is -0.502. The van der Waals surface area contributed by atoms with Crippen LogP contribution in [0.15, 0.2) is 0 Å². The van der Waals surface area contributed by atoms with E-state index in [9.17, 15) is 25.1 Å². The number of hydrogen-bond donors (Lipinski definition) is 3. The van der Waals surface area contributed by atoms with Gasteiger partial charge in [-0.15, -0.1) is 0 Å². The van der Waals surface area contributed by atoms with Gasteiger partial charge in [0.05, 0.1) is 5.60 Å². The van der Waals surface area contributed by atoms with E-state index in [-0.39, 0.29) is 12.0 Å². The summed E-state index contributed by atoms with van der Waals surface area (Å²) in [5.74, 6) is 0.453. The molecule has 0 saturated heterocycles. The van der Waals surface area contributed by atoms with Crippen molar-refractivity contribution in [1.82, 2.24) is 0 Å². The Labute approximate surface area is 201 Å². The van der Waals surface area contributed by atoms with Gasteiger partial charge in [-0.25, -0.2) is 0 Å². The normalized spacial score (nSPS) is 26.6. The summed E-state index contributed by atoms with van der Waals surface area (Å²) in [6, 6.07) is 0. The van der Waals surface area contributed by atoms with E-state index >= 15 is 0 Å².